The van der Waals surface area contributed by atoms with Crippen LogP contribution in [0.5, 0.6) is 0 Å². The summed E-state index contributed by atoms with van der Waals surface area (Å²) in [6, 6.07) is 15.0. The van der Waals surface area contributed by atoms with Gasteiger partial charge in [-0.05, 0) is 42.0 Å². The lowest BCUT2D eigenvalue weighted by atomic mass is 10.0. The highest BCUT2D eigenvalue weighted by Crippen LogP contribution is 2.30. The first kappa shape index (κ1) is 25.0. The number of hydrogen-bond acceptors (Lipinski definition) is 3. The first-order chi connectivity index (χ1) is 16.6. The van der Waals surface area contributed by atoms with Gasteiger partial charge in [0.1, 0.15) is 5.82 Å². The highest BCUT2D eigenvalue weighted by molar-refractivity contribution is 6.42. The van der Waals surface area contributed by atoms with Crippen LogP contribution in [0.3, 0.4) is 0 Å². The van der Waals surface area contributed by atoms with Gasteiger partial charge < -0.3 is 9.74 Å². The van der Waals surface area contributed by atoms with Crippen molar-refractivity contribution in [3.8, 4) is 0 Å². The molecule has 0 N–H and O–H groups in total. The summed E-state index contributed by atoms with van der Waals surface area (Å²) in [6.45, 7) is -0.0181. The first-order valence-corrected chi connectivity index (χ1v) is 11.3. The van der Waals surface area contributed by atoms with E-state index >= 15 is 0 Å². The average Bonchev–Trinajstić information content (AvgIpc) is 3.29. The van der Waals surface area contributed by atoms with Gasteiger partial charge in [0.15, 0.2) is 6.10 Å². The lowest BCUT2D eigenvalue weighted by molar-refractivity contribution is -0.137. The number of nitrogens with zero attached hydrogens (tertiary/aromatic N) is 2. The van der Waals surface area contributed by atoms with Gasteiger partial charge >= 0.3 is 6.18 Å². The standard InChI is InChI=1S/C25H18Cl2F4N2O2/c26-20-10-7-16(11-21(20)27)23-12-18(35-32-23)14-33(24(34)19-3-1-2-4-22(19)28)13-15-5-8-17(9-6-15)25(29,30)31/h1-11,18H,12-14H2/t18-/m0/s1. The van der Waals surface area contributed by atoms with Crippen molar-refractivity contribution in [2.24, 2.45) is 5.16 Å². The molecule has 35 heavy (non-hydrogen) atoms. The average molecular weight is 525 g/mol. The fraction of sp³-hybridized carbons (Fsp3) is 0.200. The van der Waals surface area contributed by atoms with Gasteiger partial charge in [-0.25, -0.2) is 4.39 Å². The molecule has 10 heteroatoms. The van der Waals surface area contributed by atoms with E-state index in [1.165, 1.54) is 41.3 Å². The van der Waals surface area contributed by atoms with E-state index in [-0.39, 0.29) is 18.7 Å². The summed E-state index contributed by atoms with van der Waals surface area (Å²) in [4.78, 5) is 20.0. The maximum atomic E-state index is 14.3. The molecule has 1 atom stereocenters. The topological polar surface area (TPSA) is 41.9 Å². The van der Waals surface area contributed by atoms with Gasteiger partial charge in [-0.2, -0.15) is 13.2 Å². The summed E-state index contributed by atoms with van der Waals surface area (Å²) in [7, 11) is 0. The van der Waals surface area contributed by atoms with Crippen LogP contribution in [0.4, 0.5) is 17.6 Å². The van der Waals surface area contributed by atoms with Gasteiger partial charge in [0.25, 0.3) is 5.91 Å². The van der Waals surface area contributed by atoms with Gasteiger partial charge in [0.05, 0.1) is 33.4 Å². The maximum Gasteiger partial charge on any atom is 0.416 e. The summed E-state index contributed by atoms with van der Waals surface area (Å²) < 4.78 is 53.1. The summed E-state index contributed by atoms with van der Waals surface area (Å²) in [5, 5.41) is 4.83. The molecule has 4 rings (SSSR count). The zero-order chi connectivity index (χ0) is 25.2. The SMILES string of the molecule is O=C(c1ccccc1F)N(Cc1ccc(C(F)(F)F)cc1)C[C@@H]1CC(c2ccc(Cl)c(Cl)c2)=NO1. The molecule has 3 aromatic rings. The second-order valence-electron chi connectivity index (χ2n) is 7.96. The number of alkyl halides is 3. The Kier molecular flexibility index (Phi) is 7.33. The lowest BCUT2D eigenvalue weighted by Crippen LogP contribution is -2.37. The molecule has 0 saturated carbocycles. The zero-order valence-corrected chi connectivity index (χ0v) is 19.5. The van der Waals surface area contributed by atoms with Crippen LogP contribution in [0.1, 0.15) is 33.5 Å². The normalized spacial score (nSPS) is 15.5. The molecule has 0 spiro atoms. The van der Waals surface area contributed by atoms with E-state index in [0.29, 0.717) is 33.3 Å². The highest BCUT2D eigenvalue weighted by atomic mass is 35.5. The van der Waals surface area contributed by atoms with E-state index in [4.69, 9.17) is 28.0 Å². The summed E-state index contributed by atoms with van der Waals surface area (Å²) in [5.74, 6) is -1.32. The Morgan fingerprint density at radius 3 is 2.40 bits per heavy atom. The smallest absolute Gasteiger partial charge is 0.390 e. The molecule has 1 aliphatic heterocycles. The number of carbonyl (C=O) groups is 1. The third-order valence-corrected chi connectivity index (χ3v) is 6.20. The second-order valence-corrected chi connectivity index (χ2v) is 8.77. The molecule has 182 valence electrons. The van der Waals surface area contributed by atoms with Crippen LogP contribution < -0.4 is 0 Å². The van der Waals surface area contributed by atoms with Gasteiger partial charge in [0.2, 0.25) is 0 Å². The number of halogens is 6. The van der Waals surface area contributed by atoms with Crippen LogP contribution in [0.25, 0.3) is 0 Å². The molecule has 4 nitrogen and oxygen atoms in total. The fourth-order valence-corrected chi connectivity index (χ4v) is 3.96. The number of benzene rings is 3. The van der Waals surface area contributed by atoms with E-state index in [1.54, 1.807) is 18.2 Å². The van der Waals surface area contributed by atoms with Crippen LogP contribution in [-0.4, -0.2) is 29.2 Å². The number of amides is 1. The van der Waals surface area contributed by atoms with Crippen molar-refractivity contribution < 1.29 is 27.2 Å². The first-order valence-electron chi connectivity index (χ1n) is 10.5. The van der Waals surface area contributed by atoms with Gasteiger partial charge in [0, 0.05) is 18.5 Å². The molecule has 0 aliphatic carbocycles. The highest BCUT2D eigenvalue weighted by Gasteiger charge is 2.31. The molecular formula is C25H18Cl2F4N2O2. The van der Waals surface area contributed by atoms with Crippen molar-refractivity contribution in [2.75, 3.05) is 6.54 Å². The maximum absolute atomic E-state index is 14.3. The van der Waals surface area contributed by atoms with Crippen molar-refractivity contribution in [1.29, 1.82) is 0 Å². The van der Waals surface area contributed by atoms with Crippen molar-refractivity contribution in [3.63, 3.8) is 0 Å². The molecule has 3 aromatic carbocycles. The predicted octanol–water partition coefficient (Wildman–Crippen LogP) is 6.99. The minimum Gasteiger partial charge on any atom is -0.390 e. The third-order valence-electron chi connectivity index (χ3n) is 5.46. The van der Waals surface area contributed by atoms with Gasteiger partial charge in [-0.1, -0.05) is 58.7 Å². The monoisotopic (exact) mass is 524 g/mol. The number of carbonyl (C=O) groups excluding carboxylic acids is 1. The van der Waals surface area contributed by atoms with E-state index in [1.807, 2.05) is 0 Å². The largest absolute Gasteiger partial charge is 0.416 e. The Balaban J connectivity index is 1.53. The molecule has 0 fully saturated rings. The van der Waals surface area contributed by atoms with E-state index in [0.717, 1.165) is 12.1 Å². The number of hydrogen-bond donors (Lipinski definition) is 0. The molecule has 0 radical (unpaired) electrons. The number of oxime groups is 1. The predicted molar refractivity (Wildman–Crippen MR) is 125 cm³/mol. The fourth-order valence-electron chi connectivity index (χ4n) is 3.66. The van der Waals surface area contributed by atoms with Crippen LogP contribution in [0, 0.1) is 5.82 Å². The van der Waals surface area contributed by atoms with Crippen LogP contribution >= 0.6 is 23.2 Å². The summed E-state index contributed by atoms with van der Waals surface area (Å²) >= 11 is 12.0. The van der Waals surface area contributed by atoms with Gasteiger partial charge in [-0.3, -0.25) is 4.79 Å². The lowest BCUT2D eigenvalue weighted by Gasteiger charge is -2.25. The van der Waals surface area contributed by atoms with Gasteiger partial charge in [-0.15, -0.1) is 0 Å². The van der Waals surface area contributed by atoms with Crippen LogP contribution in [0.2, 0.25) is 10.0 Å². The molecule has 1 amide bonds. The molecule has 1 aliphatic rings. The minimum atomic E-state index is -4.48. The molecule has 0 aromatic heterocycles. The molecule has 0 bridgehead atoms. The Bertz CT molecular complexity index is 1260. The number of rotatable bonds is 6. The Morgan fingerprint density at radius 1 is 1.03 bits per heavy atom. The third kappa shape index (κ3) is 5.94. The molecular weight excluding hydrogens is 507 g/mol. The Morgan fingerprint density at radius 2 is 1.74 bits per heavy atom. The van der Waals surface area contributed by atoms with Crippen molar-refractivity contribution in [2.45, 2.75) is 25.2 Å². The van der Waals surface area contributed by atoms with E-state index in [2.05, 4.69) is 5.16 Å². The second kappa shape index (κ2) is 10.3. The van der Waals surface area contributed by atoms with E-state index < -0.39 is 29.6 Å². The van der Waals surface area contributed by atoms with E-state index in [9.17, 15) is 22.4 Å². The molecule has 0 saturated heterocycles. The van der Waals surface area contributed by atoms with Crippen LogP contribution in [0.15, 0.2) is 71.9 Å². The van der Waals surface area contributed by atoms with Crippen molar-refractivity contribution in [1.82, 2.24) is 4.90 Å². The Hall–Kier alpha value is -3.10. The summed E-state index contributed by atoms with van der Waals surface area (Å²) in [5.41, 5.74) is 0.805. The van der Waals surface area contributed by atoms with Crippen LogP contribution in [-0.2, 0) is 17.6 Å². The minimum absolute atomic E-state index is 0.0303. The van der Waals surface area contributed by atoms with Crippen molar-refractivity contribution >= 4 is 34.8 Å². The summed E-state index contributed by atoms with van der Waals surface area (Å²) in [6.07, 6.45) is -4.69. The quantitative estimate of drug-likeness (QED) is 0.326. The Labute approximate surface area is 208 Å². The van der Waals surface area contributed by atoms with Crippen molar-refractivity contribution in [3.05, 3.63) is 105 Å². The zero-order valence-electron chi connectivity index (χ0n) is 18.0. The molecule has 1 heterocycles. The molecule has 0 unspecified atom stereocenters.